The van der Waals surface area contributed by atoms with Gasteiger partial charge in [-0.1, -0.05) is 6.07 Å². The Morgan fingerprint density at radius 1 is 1.25 bits per heavy atom. The van der Waals surface area contributed by atoms with Crippen LogP contribution >= 0.6 is 0 Å². The SMILES string of the molecule is CCn1ccnc1CC(NC)c1ccc(F)c(F)c1F. The highest BCUT2D eigenvalue weighted by molar-refractivity contribution is 5.24. The van der Waals surface area contributed by atoms with Crippen molar-refractivity contribution in [1.82, 2.24) is 14.9 Å². The number of rotatable bonds is 5. The van der Waals surface area contributed by atoms with Gasteiger partial charge in [0.2, 0.25) is 0 Å². The van der Waals surface area contributed by atoms with Crippen molar-refractivity contribution in [1.29, 1.82) is 0 Å². The molecule has 108 valence electrons. The molecule has 2 aromatic rings. The first-order valence-electron chi connectivity index (χ1n) is 6.39. The van der Waals surface area contributed by atoms with Crippen LogP contribution in [0.4, 0.5) is 13.2 Å². The molecule has 0 aliphatic heterocycles. The summed E-state index contributed by atoms with van der Waals surface area (Å²) >= 11 is 0. The van der Waals surface area contributed by atoms with Gasteiger partial charge in [0.05, 0.1) is 0 Å². The zero-order valence-electron chi connectivity index (χ0n) is 11.3. The molecule has 20 heavy (non-hydrogen) atoms. The predicted molar refractivity (Wildman–Crippen MR) is 69.7 cm³/mol. The Kier molecular flexibility index (Phi) is 4.44. The third kappa shape index (κ3) is 2.70. The zero-order valence-corrected chi connectivity index (χ0v) is 11.3. The average Bonchev–Trinajstić information content (AvgIpc) is 2.90. The molecule has 1 heterocycles. The molecule has 1 aromatic carbocycles. The second-order valence-corrected chi connectivity index (χ2v) is 4.44. The van der Waals surface area contributed by atoms with E-state index < -0.39 is 23.5 Å². The van der Waals surface area contributed by atoms with E-state index in [-0.39, 0.29) is 5.56 Å². The molecule has 1 aromatic heterocycles. The summed E-state index contributed by atoms with van der Waals surface area (Å²) in [5, 5.41) is 2.91. The van der Waals surface area contributed by atoms with E-state index in [4.69, 9.17) is 0 Å². The van der Waals surface area contributed by atoms with Crippen molar-refractivity contribution in [2.75, 3.05) is 7.05 Å². The first kappa shape index (κ1) is 14.6. The standard InChI is InChI=1S/C14H16F3N3/c1-3-20-7-6-19-12(20)8-11(18-2)9-4-5-10(15)14(17)13(9)16/h4-7,11,18H,3,8H2,1-2H3. The van der Waals surface area contributed by atoms with Crippen LogP contribution in [0.2, 0.25) is 0 Å². The number of aryl methyl sites for hydroxylation is 1. The number of hydrogen-bond acceptors (Lipinski definition) is 2. The van der Waals surface area contributed by atoms with Gasteiger partial charge in [-0.2, -0.15) is 0 Å². The molecule has 2 rings (SSSR count). The van der Waals surface area contributed by atoms with E-state index in [0.29, 0.717) is 6.42 Å². The number of nitrogens with one attached hydrogen (secondary N) is 1. The lowest BCUT2D eigenvalue weighted by molar-refractivity contribution is 0.426. The second kappa shape index (κ2) is 6.09. The lowest BCUT2D eigenvalue weighted by Gasteiger charge is -2.18. The average molecular weight is 283 g/mol. The van der Waals surface area contributed by atoms with Gasteiger partial charge in [0, 0.05) is 37.0 Å². The van der Waals surface area contributed by atoms with Gasteiger partial charge < -0.3 is 9.88 Å². The molecular weight excluding hydrogens is 267 g/mol. The van der Waals surface area contributed by atoms with Crippen LogP contribution in [-0.4, -0.2) is 16.6 Å². The Balaban J connectivity index is 2.31. The lowest BCUT2D eigenvalue weighted by atomic mass is 10.0. The number of imidazole rings is 1. The molecule has 1 unspecified atom stereocenters. The summed E-state index contributed by atoms with van der Waals surface area (Å²) in [4.78, 5) is 4.20. The summed E-state index contributed by atoms with van der Waals surface area (Å²) in [6.07, 6.45) is 3.87. The highest BCUT2D eigenvalue weighted by Gasteiger charge is 2.21. The van der Waals surface area contributed by atoms with Crippen molar-refractivity contribution in [3.8, 4) is 0 Å². The van der Waals surface area contributed by atoms with Gasteiger partial charge in [-0.3, -0.25) is 0 Å². The summed E-state index contributed by atoms with van der Waals surface area (Å²) < 4.78 is 42.0. The molecule has 0 aliphatic carbocycles. The van der Waals surface area contributed by atoms with Crippen molar-refractivity contribution >= 4 is 0 Å². The highest BCUT2D eigenvalue weighted by atomic mass is 19.2. The molecular formula is C14H16F3N3. The van der Waals surface area contributed by atoms with Gasteiger partial charge in [-0.15, -0.1) is 0 Å². The minimum absolute atomic E-state index is 0.0945. The van der Waals surface area contributed by atoms with Crippen LogP contribution in [0.5, 0.6) is 0 Å². The van der Waals surface area contributed by atoms with E-state index >= 15 is 0 Å². The Morgan fingerprint density at radius 2 is 2.00 bits per heavy atom. The molecule has 0 radical (unpaired) electrons. The molecule has 0 aliphatic rings. The molecule has 0 saturated carbocycles. The molecule has 0 bridgehead atoms. The minimum atomic E-state index is -1.44. The lowest BCUT2D eigenvalue weighted by Crippen LogP contribution is -2.22. The van der Waals surface area contributed by atoms with Crippen LogP contribution in [0.15, 0.2) is 24.5 Å². The fraction of sp³-hybridized carbons (Fsp3) is 0.357. The van der Waals surface area contributed by atoms with E-state index in [0.717, 1.165) is 18.4 Å². The molecule has 1 N–H and O–H groups in total. The molecule has 0 amide bonds. The van der Waals surface area contributed by atoms with E-state index in [9.17, 15) is 13.2 Å². The van der Waals surface area contributed by atoms with Crippen molar-refractivity contribution < 1.29 is 13.2 Å². The van der Waals surface area contributed by atoms with Crippen LogP contribution < -0.4 is 5.32 Å². The number of benzene rings is 1. The molecule has 1 atom stereocenters. The van der Waals surface area contributed by atoms with Crippen molar-refractivity contribution in [2.45, 2.75) is 25.9 Å². The summed E-state index contributed by atoms with van der Waals surface area (Å²) in [5.41, 5.74) is 0.0945. The first-order chi connectivity index (χ1) is 9.58. The summed E-state index contributed by atoms with van der Waals surface area (Å²) in [6.45, 7) is 2.71. The topological polar surface area (TPSA) is 29.9 Å². The maximum Gasteiger partial charge on any atom is 0.194 e. The molecule has 0 fully saturated rings. The Hall–Kier alpha value is -1.82. The molecule has 0 spiro atoms. The van der Waals surface area contributed by atoms with E-state index in [2.05, 4.69) is 10.3 Å². The van der Waals surface area contributed by atoms with Crippen LogP contribution in [0, 0.1) is 17.5 Å². The number of hydrogen-bond donors (Lipinski definition) is 1. The van der Waals surface area contributed by atoms with Gasteiger partial charge >= 0.3 is 0 Å². The zero-order chi connectivity index (χ0) is 14.7. The van der Waals surface area contributed by atoms with Crippen LogP contribution in [-0.2, 0) is 13.0 Å². The highest BCUT2D eigenvalue weighted by Crippen LogP contribution is 2.23. The number of aromatic nitrogens is 2. The first-order valence-corrected chi connectivity index (χ1v) is 6.39. The van der Waals surface area contributed by atoms with Crippen LogP contribution in [0.1, 0.15) is 24.4 Å². The van der Waals surface area contributed by atoms with E-state index in [1.807, 2.05) is 17.7 Å². The maximum absolute atomic E-state index is 13.8. The minimum Gasteiger partial charge on any atom is -0.335 e. The van der Waals surface area contributed by atoms with Gasteiger partial charge in [0.25, 0.3) is 0 Å². The molecule has 0 saturated heterocycles. The summed E-state index contributed by atoms with van der Waals surface area (Å²) in [6, 6.07) is 1.72. The molecule has 3 nitrogen and oxygen atoms in total. The fourth-order valence-corrected chi connectivity index (χ4v) is 2.18. The fourth-order valence-electron chi connectivity index (χ4n) is 2.18. The second-order valence-electron chi connectivity index (χ2n) is 4.44. The van der Waals surface area contributed by atoms with Gasteiger partial charge in [0.1, 0.15) is 5.82 Å². The van der Waals surface area contributed by atoms with Crippen LogP contribution in [0.3, 0.4) is 0 Å². The van der Waals surface area contributed by atoms with Gasteiger partial charge in [-0.25, -0.2) is 18.2 Å². The van der Waals surface area contributed by atoms with Crippen molar-refractivity contribution in [3.05, 3.63) is 53.4 Å². The predicted octanol–water partition coefficient (Wildman–Crippen LogP) is 2.82. The monoisotopic (exact) mass is 283 g/mol. The van der Waals surface area contributed by atoms with Crippen molar-refractivity contribution in [3.63, 3.8) is 0 Å². The van der Waals surface area contributed by atoms with Gasteiger partial charge in [-0.05, 0) is 20.0 Å². The number of nitrogens with zero attached hydrogens (tertiary/aromatic N) is 2. The Morgan fingerprint density at radius 3 is 2.65 bits per heavy atom. The van der Waals surface area contributed by atoms with E-state index in [1.54, 1.807) is 13.2 Å². The summed E-state index contributed by atoms with van der Waals surface area (Å²) in [7, 11) is 1.64. The quantitative estimate of drug-likeness (QED) is 0.855. The summed E-state index contributed by atoms with van der Waals surface area (Å²) in [5.74, 6) is -3.02. The smallest absolute Gasteiger partial charge is 0.194 e. The third-order valence-corrected chi connectivity index (χ3v) is 3.32. The maximum atomic E-state index is 13.8. The number of likely N-dealkylation sites (N-methyl/N-ethyl adjacent to an activating group) is 1. The van der Waals surface area contributed by atoms with Crippen molar-refractivity contribution in [2.24, 2.45) is 0 Å². The van der Waals surface area contributed by atoms with Crippen LogP contribution in [0.25, 0.3) is 0 Å². The normalized spacial score (nSPS) is 12.7. The largest absolute Gasteiger partial charge is 0.335 e. The van der Waals surface area contributed by atoms with Gasteiger partial charge in [0.15, 0.2) is 17.5 Å². The molecule has 6 heteroatoms. The third-order valence-electron chi connectivity index (χ3n) is 3.32. The van der Waals surface area contributed by atoms with E-state index in [1.165, 1.54) is 6.07 Å². The Bertz CT molecular complexity index is 595. The Labute approximate surface area is 115 Å². The number of halogens is 3.